The van der Waals surface area contributed by atoms with E-state index < -0.39 is 12.1 Å². The molecule has 29 heavy (non-hydrogen) atoms. The third-order valence-electron chi connectivity index (χ3n) is 4.54. The van der Waals surface area contributed by atoms with Gasteiger partial charge >= 0.3 is 5.97 Å². The van der Waals surface area contributed by atoms with E-state index in [1.165, 1.54) is 0 Å². The average Bonchev–Trinajstić information content (AvgIpc) is 3.07. The summed E-state index contributed by atoms with van der Waals surface area (Å²) in [7, 11) is 0. The summed E-state index contributed by atoms with van der Waals surface area (Å²) in [5.41, 5.74) is 7.32. The molecule has 1 aliphatic heterocycles. The zero-order chi connectivity index (χ0) is 20.8. The number of amides is 2. The molecule has 2 aromatic rings. The van der Waals surface area contributed by atoms with E-state index in [0.717, 1.165) is 5.56 Å². The minimum absolute atomic E-state index is 0.00216. The van der Waals surface area contributed by atoms with Crippen LogP contribution >= 0.6 is 0 Å². The van der Waals surface area contributed by atoms with Gasteiger partial charge in [-0.15, -0.1) is 0 Å². The molecule has 8 nitrogen and oxygen atoms in total. The van der Waals surface area contributed by atoms with Crippen LogP contribution in [0.25, 0.3) is 0 Å². The second kappa shape index (κ2) is 9.01. The molecule has 0 radical (unpaired) electrons. The summed E-state index contributed by atoms with van der Waals surface area (Å²) >= 11 is 0. The predicted octanol–water partition coefficient (Wildman–Crippen LogP) is 1.86. The van der Waals surface area contributed by atoms with Gasteiger partial charge in [0.15, 0.2) is 0 Å². The number of carbonyl (C=O) groups excluding carboxylic acids is 3. The zero-order valence-electron chi connectivity index (χ0n) is 15.7. The SMILES string of the molecule is N=C(N)c1ccc(NC(=O)CCC(=O)NC2CC(=O)OC2c2ccccc2)cc1. The Morgan fingerprint density at radius 3 is 2.34 bits per heavy atom. The summed E-state index contributed by atoms with van der Waals surface area (Å²) < 4.78 is 5.33. The van der Waals surface area contributed by atoms with Crippen molar-refractivity contribution in [2.45, 2.75) is 31.4 Å². The molecule has 2 amide bonds. The van der Waals surface area contributed by atoms with E-state index in [2.05, 4.69) is 10.6 Å². The first kappa shape index (κ1) is 20.1. The Hall–Kier alpha value is -3.68. The van der Waals surface area contributed by atoms with Crippen LogP contribution < -0.4 is 16.4 Å². The molecule has 1 heterocycles. The van der Waals surface area contributed by atoms with Gasteiger partial charge in [-0.2, -0.15) is 0 Å². The first-order valence-electron chi connectivity index (χ1n) is 9.20. The summed E-state index contributed by atoms with van der Waals surface area (Å²) in [6.45, 7) is 0. The molecule has 2 aromatic carbocycles. The third-order valence-corrected chi connectivity index (χ3v) is 4.54. The van der Waals surface area contributed by atoms with Gasteiger partial charge < -0.3 is 21.1 Å². The van der Waals surface area contributed by atoms with Crippen molar-refractivity contribution in [3.8, 4) is 0 Å². The first-order chi connectivity index (χ1) is 13.9. The summed E-state index contributed by atoms with van der Waals surface area (Å²) in [6, 6.07) is 15.3. The Kier molecular flexibility index (Phi) is 6.23. The lowest BCUT2D eigenvalue weighted by molar-refractivity contribution is -0.141. The Morgan fingerprint density at radius 1 is 1.03 bits per heavy atom. The van der Waals surface area contributed by atoms with Gasteiger partial charge in [-0.3, -0.25) is 19.8 Å². The van der Waals surface area contributed by atoms with Gasteiger partial charge in [-0.05, 0) is 29.8 Å². The fourth-order valence-corrected chi connectivity index (χ4v) is 3.09. The lowest BCUT2D eigenvalue weighted by Gasteiger charge is -2.19. The van der Waals surface area contributed by atoms with Gasteiger partial charge in [-0.25, -0.2) is 0 Å². The maximum Gasteiger partial charge on any atom is 0.308 e. The van der Waals surface area contributed by atoms with Gasteiger partial charge in [0, 0.05) is 24.1 Å². The van der Waals surface area contributed by atoms with Crippen molar-refractivity contribution in [2.24, 2.45) is 5.73 Å². The highest BCUT2D eigenvalue weighted by Gasteiger charge is 2.36. The Labute approximate surface area is 167 Å². The molecule has 5 N–H and O–H groups in total. The van der Waals surface area contributed by atoms with Crippen LogP contribution in [0.1, 0.15) is 36.5 Å². The van der Waals surface area contributed by atoms with Crippen LogP contribution in [-0.4, -0.2) is 29.7 Å². The number of nitrogens with one attached hydrogen (secondary N) is 3. The van der Waals surface area contributed by atoms with Gasteiger partial charge in [0.05, 0.1) is 12.5 Å². The number of esters is 1. The van der Waals surface area contributed by atoms with Gasteiger partial charge in [0.2, 0.25) is 11.8 Å². The van der Waals surface area contributed by atoms with Crippen molar-refractivity contribution in [1.29, 1.82) is 5.41 Å². The standard InChI is InChI=1S/C21H22N4O4/c22-21(23)14-6-8-15(9-7-14)24-17(26)10-11-18(27)25-16-12-19(28)29-20(16)13-4-2-1-3-5-13/h1-9,16,20H,10-12H2,(H3,22,23)(H,24,26)(H,25,27). The molecular weight excluding hydrogens is 372 g/mol. The molecule has 0 saturated carbocycles. The normalized spacial score (nSPS) is 18.0. The number of hydrogen-bond donors (Lipinski definition) is 4. The largest absolute Gasteiger partial charge is 0.455 e. The second-order valence-electron chi connectivity index (χ2n) is 6.74. The van der Waals surface area contributed by atoms with Crippen LogP contribution in [0.3, 0.4) is 0 Å². The van der Waals surface area contributed by atoms with Crippen LogP contribution in [0.2, 0.25) is 0 Å². The summed E-state index contributed by atoms with van der Waals surface area (Å²) in [5.74, 6) is -1.05. The van der Waals surface area contributed by atoms with Crippen molar-refractivity contribution in [2.75, 3.05) is 5.32 Å². The van der Waals surface area contributed by atoms with Crippen LogP contribution in [0.15, 0.2) is 54.6 Å². The Bertz CT molecular complexity index is 912. The number of benzene rings is 2. The van der Waals surface area contributed by atoms with E-state index in [-0.39, 0.29) is 42.9 Å². The summed E-state index contributed by atoms with van der Waals surface area (Å²) in [4.78, 5) is 36.0. The molecule has 1 fully saturated rings. The molecule has 2 unspecified atom stereocenters. The smallest absolute Gasteiger partial charge is 0.308 e. The van der Waals surface area contributed by atoms with Crippen molar-refractivity contribution in [3.63, 3.8) is 0 Å². The molecule has 1 aliphatic rings. The number of ether oxygens (including phenoxy) is 1. The molecule has 3 rings (SSSR count). The quantitative estimate of drug-likeness (QED) is 0.323. The number of cyclic esters (lactones) is 1. The van der Waals surface area contributed by atoms with Gasteiger partial charge in [0.1, 0.15) is 11.9 Å². The third kappa shape index (κ3) is 5.41. The van der Waals surface area contributed by atoms with Gasteiger partial charge in [0.25, 0.3) is 0 Å². The monoisotopic (exact) mass is 394 g/mol. The fraction of sp³-hybridized carbons (Fsp3) is 0.238. The van der Waals surface area contributed by atoms with Crippen molar-refractivity contribution in [1.82, 2.24) is 5.32 Å². The van der Waals surface area contributed by atoms with E-state index in [4.69, 9.17) is 15.9 Å². The Morgan fingerprint density at radius 2 is 1.69 bits per heavy atom. The molecule has 0 aromatic heterocycles. The van der Waals surface area contributed by atoms with Crippen molar-refractivity contribution >= 4 is 29.3 Å². The molecule has 0 aliphatic carbocycles. The number of anilines is 1. The van der Waals surface area contributed by atoms with Crippen LogP contribution in [0, 0.1) is 5.41 Å². The first-order valence-corrected chi connectivity index (χ1v) is 9.20. The van der Waals surface area contributed by atoms with Gasteiger partial charge in [-0.1, -0.05) is 30.3 Å². The average molecular weight is 394 g/mol. The topological polar surface area (TPSA) is 134 Å². The number of nitrogen functional groups attached to an aromatic ring is 1. The Balaban J connectivity index is 1.49. The van der Waals surface area contributed by atoms with Crippen molar-refractivity contribution < 1.29 is 19.1 Å². The highest BCUT2D eigenvalue weighted by Crippen LogP contribution is 2.29. The predicted molar refractivity (Wildman–Crippen MR) is 107 cm³/mol. The number of carbonyl (C=O) groups is 3. The zero-order valence-corrected chi connectivity index (χ0v) is 15.7. The molecule has 0 bridgehead atoms. The maximum absolute atomic E-state index is 12.3. The number of amidine groups is 1. The van der Waals surface area contributed by atoms with E-state index >= 15 is 0 Å². The van der Waals surface area contributed by atoms with Crippen LogP contribution in [-0.2, 0) is 19.1 Å². The summed E-state index contributed by atoms with van der Waals surface area (Å²) in [6.07, 6.45) is -0.442. The molecule has 1 saturated heterocycles. The fourth-order valence-electron chi connectivity index (χ4n) is 3.09. The lowest BCUT2D eigenvalue weighted by atomic mass is 10.0. The van der Waals surface area contributed by atoms with E-state index in [0.29, 0.717) is 11.3 Å². The second-order valence-corrected chi connectivity index (χ2v) is 6.74. The maximum atomic E-state index is 12.3. The van der Waals surface area contributed by atoms with Crippen LogP contribution in [0.4, 0.5) is 5.69 Å². The minimum atomic E-state index is -0.527. The molecular formula is C21H22N4O4. The minimum Gasteiger partial charge on any atom is -0.455 e. The summed E-state index contributed by atoms with van der Waals surface area (Å²) in [5, 5.41) is 12.8. The van der Waals surface area contributed by atoms with E-state index in [9.17, 15) is 14.4 Å². The number of rotatable bonds is 7. The molecule has 0 spiro atoms. The number of hydrogen-bond acceptors (Lipinski definition) is 5. The molecule has 150 valence electrons. The van der Waals surface area contributed by atoms with E-state index in [1.807, 2.05) is 30.3 Å². The molecule has 8 heteroatoms. The van der Waals surface area contributed by atoms with Crippen LogP contribution in [0.5, 0.6) is 0 Å². The molecule has 2 atom stereocenters. The highest BCUT2D eigenvalue weighted by molar-refractivity contribution is 5.96. The number of nitrogens with two attached hydrogens (primary N) is 1. The highest BCUT2D eigenvalue weighted by atomic mass is 16.6. The lowest BCUT2D eigenvalue weighted by Crippen LogP contribution is -2.37. The van der Waals surface area contributed by atoms with Crippen molar-refractivity contribution in [3.05, 3.63) is 65.7 Å². The van der Waals surface area contributed by atoms with E-state index in [1.54, 1.807) is 24.3 Å².